The summed E-state index contributed by atoms with van der Waals surface area (Å²) in [4.78, 5) is 7.12. The van der Waals surface area contributed by atoms with E-state index in [2.05, 4.69) is 20.1 Å². The normalized spacial score (nSPS) is 14.4. The van der Waals surface area contributed by atoms with E-state index in [1.807, 2.05) is 42.5 Å². The number of benzene rings is 1. The van der Waals surface area contributed by atoms with Crippen LogP contribution in [0.2, 0.25) is 0 Å². The number of hydrogen-bond acceptors (Lipinski definition) is 9. The molecule has 0 bridgehead atoms. The largest absolute Gasteiger partial charge is 0.492 e. The summed E-state index contributed by atoms with van der Waals surface area (Å²) < 4.78 is 39.9. The second-order valence-electron chi connectivity index (χ2n) is 9.69. The molecule has 1 aliphatic rings. The van der Waals surface area contributed by atoms with Crippen molar-refractivity contribution in [3.05, 3.63) is 77.7 Å². The third-order valence-electron chi connectivity index (χ3n) is 6.89. The van der Waals surface area contributed by atoms with Crippen LogP contribution in [-0.4, -0.2) is 68.5 Å². The standard InChI is InChI=1S/C27H29N7O4S/c1-19-27(20(2)38-31-19)39(35,36)33-18-22(17-28-33)24-6-5-7-26-29-25(30-34(24)26)16-21-8-10-23(11-9-21)37-15-14-32-12-3-4-13-32/h5-11,17-18H,3-4,12-16H2,1-2H3. The Morgan fingerprint density at radius 1 is 1.05 bits per heavy atom. The minimum atomic E-state index is -3.96. The molecule has 5 heterocycles. The molecule has 0 aliphatic carbocycles. The average Bonchev–Trinajstić information content (AvgIpc) is 3.72. The molecule has 0 unspecified atom stereocenters. The summed E-state index contributed by atoms with van der Waals surface area (Å²) >= 11 is 0. The minimum Gasteiger partial charge on any atom is -0.492 e. The van der Waals surface area contributed by atoms with Gasteiger partial charge in [0, 0.05) is 18.5 Å². The lowest BCUT2D eigenvalue weighted by molar-refractivity contribution is 0.238. The molecule has 1 aromatic carbocycles. The van der Waals surface area contributed by atoms with Gasteiger partial charge in [-0.3, -0.25) is 4.90 Å². The summed E-state index contributed by atoms with van der Waals surface area (Å²) in [6, 6.07) is 13.6. The van der Waals surface area contributed by atoms with Crippen molar-refractivity contribution in [1.82, 2.24) is 33.8 Å². The average molecular weight is 548 g/mol. The van der Waals surface area contributed by atoms with E-state index in [1.54, 1.807) is 18.4 Å². The van der Waals surface area contributed by atoms with Crippen molar-refractivity contribution in [2.75, 3.05) is 26.2 Å². The predicted molar refractivity (Wildman–Crippen MR) is 143 cm³/mol. The molecule has 0 amide bonds. The zero-order chi connectivity index (χ0) is 27.0. The van der Waals surface area contributed by atoms with Crippen LogP contribution in [0.15, 0.2) is 64.3 Å². The van der Waals surface area contributed by atoms with Crippen LogP contribution in [0.25, 0.3) is 16.9 Å². The molecule has 0 atom stereocenters. The van der Waals surface area contributed by atoms with Crippen LogP contribution in [0, 0.1) is 13.8 Å². The Bertz CT molecular complexity index is 1700. The van der Waals surface area contributed by atoms with Crippen LogP contribution >= 0.6 is 0 Å². The molecule has 12 heteroatoms. The number of aryl methyl sites for hydroxylation is 2. The van der Waals surface area contributed by atoms with Crippen molar-refractivity contribution in [2.45, 2.75) is 38.0 Å². The summed E-state index contributed by atoms with van der Waals surface area (Å²) in [5.74, 6) is 1.72. The number of hydrogen-bond donors (Lipinski definition) is 0. The monoisotopic (exact) mass is 547 g/mol. The zero-order valence-electron chi connectivity index (χ0n) is 21.8. The van der Waals surface area contributed by atoms with Gasteiger partial charge in [-0.25, -0.2) is 9.50 Å². The Kier molecular flexibility index (Phi) is 6.65. The van der Waals surface area contributed by atoms with Crippen molar-refractivity contribution in [3.63, 3.8) is 0 Å². The van der Waals surface area contributed by atoms with Gasteiger partial charge in [0.15, 0.2) is 22.1 Å². The maximum Gasteiger partial charge on any atom is 0.288 e. The number of fused-ring (bicyclic) bond motifs is 1. The molecule has 0 radical (unpaired) electrons. The van der Waals surface area contributed by atoms with Gasteiger partial charge < -0.3 is 9.26 Å². The molecule has 202 valence electrons. The van der Waals surface area contributed by atoms with E-state index in [0.29, 0.717) is 35.8 Å². The van der Waals surface area contributed by atoms with E-state index < -0.39 is 10.0 Å². The van der Waals surface area contributed by atoms with Crippen molar-refractivity contribution in [3.8, 4) is 17.0 Å². The minimum absolute atomic E-state index is 0.0152. The fourth-order valence-corrected chi connectivity index (χ4v) is 6.35. The Morgan fingerprint density at radius 3 is 2.59 bits per heavy atom. The second kappa shape index (κ2) is 10.3. The van der Waals surface area contributed by atoms with Crippen molar-refractivity contribution in [2.24, 2.45) is 0 Å². The molecule has 39 heavy (non-hydrogen) atoms. The first-order valence-electron chi connectivity index (χ1n) is 12.9. The topological polar surface area (TPSA) is 121 Å². The van der Waals surface area contributed by atoms with Crippen LogP contribution in [0.3, 0.4) is 0 Å². The van der Waals surface area contributed by atoms with Crippen LogP contribution < -0.4 is 4.74 Å². The Hall–Kier alpha value is -4.03. The second-order valence-corrected chi connectivity index (χ2v) is 11.4. The number of aromatic nitrogens is 6. The maximum absolute atomic E-state index is 13.1. The number of ether oxygens (including phenoxy) is 1. The number of pyridine rings is 1. The maximum atomic E-state index is 13.1. The first-order chi connectivity index (χ1) is 18.9. The SMILES string of the molecule is Cc1noc(C)c1S(=O)(=O)n1cc(-c2cccc3nc(Cc4ccc(OCCN5CCCC5)cc4)nn23)cn1. The van der Waals surface area contributed by atoms with Gasteiger partial charge in [-0.15, -0.1) is 0 Å². The molecule has 5 aromatic rings. The van der Waals surface area contributed by atoms with Crippen LogP contribution in [-0.2, 0) is 16.4 Å². The highest BCUT2D eigenvalue weighted by Crippen LogP contribution is 2.25. The van der Waals surface area contributed by atoms with E-state index in [-0.39, 0.29) is 16.3 Å². The lowest BCUT2D eigenvalue weighted by Crippen LogP contribution is -2.25. The van der Waals surface area contributed by atoms with Crippen molar-refractivity contribution < 1.29 is 17.7 Å². The number of rotatable bonds is 9. The van der Waals surface area contributed by atoms with Gasteiger partial charge >= 0.3 is 0 Å². The predicted octanol–water partition coefficient (Wildman–Crippen LogP) is 3.50. The fourth-order valence-electron chi connectivity index (χ4n) is 4.93. The van der Waals surface area contributed by atoms with Gasteiger partial charge in [-0.1, -0.05) is 23.4 Å². The zero-order valence-corrected chi connectivity index (χ0v) is 22.6. The summed E-state index contributed by atoms with van der Waals surface area (Å²) in [6.07, 6.45) is 6.06. The molecule has 4 aromatic heterocycles. The van der Waals surface area contributed by atoms with Crippen LogP contribution in [0.1, 0.15) is 35.7 Å². The summed E-state index contributed by atoms with van der Waals surface area (Å²) in [7, 11) is -3.96. The van der Waals surface area contributed by atoms with Gasteiger partial charge in [0.1, 0.15) is 18.1 Å². The van der Waals surface area contributed by atoms with E-state index >= 15 is 0 Å². The highest BCUT2D eigenvalue weighted by atomic mass is 32.2. The molecule has 1 fully saturated rings. The number of likely N-dealkylation sites (tertiary alicyclic amines) is 1. The Labute approximate surface area is 226 Å². The molecule has 6 rings (SSSR count). The molecule has 1 aliphatic heterocycles. The molecular formula is C27H29N7O4S. The van der Waals surface area contributed by atoms with Gasteiger partial charge in [0.2, 0.25) is 0 Å². The van der Waals surface area contributed by atoms with E-state index in [1.165, 1.54) is 38.3 Å². The third kappa shape index (κ3) is 5.04. The van der Waals surface area contributed by atoms with Gasteiger partial charge in [0.05, 0.1) is 18.1 Å². The molecular weight excluding hydrogens is 518 g/mol. The molecule has 11 nitrogen and oxygen atoms in total. The Morgan fingerprint density at radius 2 is 1.85 bits per heavy atom. The van der Waals surface area contributed by atoms with E-state index in [9.17, 15) is 8.42 Å². The van der Waals surface area contributed by atoms with Crippen molar-refractivity contribution >= 4 is 15.7 Å². The van der Waals surface area contributed by atoms with Crippen LogP contribution in [0.4, 0.5) is 0 Å². The summed E-state index contributed by atoms with van der Waals surface area (Å²) in [6.45, 7) is 7.12. The molecule has 1 saturated heterocycles. The van der Waals surface area contributed by atoms with Gasteiger partial charge in [-0.2, -0.15) is 22.7 Å². The lowest BCUT2D eigenvalue weighted by Gasteiger charge is -2.14. The lowest BCUT2D eigenvalue weighted by atomic mass is 10.1. The van der Waals surface area contributed by atoms with E-state index in [4.69, 9.17) is 14.4 Å². The first kappa shape index (κ1) is 25.3. The highest BCUT2D eigenvalue weighted by molar-refractivity contribution is 7.90. The molecule has 0 saturated carbocycles. The van der Waals surface area contributed by atoms with Gasteiger partial charge in [-0.05, 0) is 69.6 Å². The van der Waals surface area contributed by atoms with Crippen molar-refractivity contribution in [1.29, 1.82) is 0 Å². The third-order valence-corrected chi connectivity index (χ3v) is 8.68. The fraction of sp³-hybridized carbons (Fsp3) is 0.333. The van der Waals surface area contributed by atoms with Crippen LogP contribution in [0.5, 0.6) is 5.75 Å². The summed E-state index contributed by atoms with van der Waals surface area (Å²) in [5.41, 5.74) is 3.27. The quantitative estimate of drug-likeness (QED) is 0.273. The van der Waals surface area contributed by atoms with Gasteiger partial charge in [0.25, 0.3) is 10.0 Å². The molecule has 0 spiro atoms. The summed E-state index contributed by atoms with van der Waals surface area (Å²) in [5, 5.41) is 12.6. The smallest absolute Gasteiger partial charge is 0.288 e. The Balaban J connectivity index is 1.19. The van der Waals surface area contributed by atoms with E-state index in [0.717, 1.165) is 21.9 Å². The molecule has 0 N–H and O–H groups in total. The highest BCUT2D eigenvalue weighted by Gasteiger charge is 2.27. The first-order valence-corrected chi connectivity index (χ1v) is 14.3. The number of nitrogens with zero attached hydrogens (tertiary/aromatic N) is 7.